The molecule has 124 valence electrons. The number of rotatable bonds is 2. The van der Waals surface area contributed by atoms with E-state index in [2.05, 4.69) is 15.5 Å². The van der Waals surface area contributed by atoms with Crippen molar-refractivity contribution < 1.29 is 13.2 Å². The van der Waals surface area contributed by atoms with Crippen LogP contribution in [0.4, 0.5) is 19.0 Å². The minimum atomic E-state index is -4.53. The average Bonchev–Trinajstić information content (AvgIpc) is 2.55. The summed E-state index contributed by atoms with van der Waals surface area (Å²) in [6.45, 7) is 2.97. The highest BCUT2D eigenvalue weighted by atomic mass is 35.5. The van der Waals surface area contributed by atoms with Gasteiger partial charge in [0, 0.05) is 31.7 Å². The van der Waals surface area contributed by atoms with Gasteiger partial charge in [-0.2, -0.15) is 13.2 Å². The van der Waals surface area contributed by atoms with E-state index >= 15 is 0 Å². The zero-order valence-corrected chi connectivity index (χ0v) is 13.0. The van der Waals surface area contributed by atoms with Crippen LogP contribution in [0.15, 0.2) is 36.4 Å². The number of alkyl halides is 3. The Morgan fingerprint density at radius 3 is 2.26 bits per heavy atom. The minimum absolute atomic E-state index is 0. The number of hydrogen-bond donors (Lipinski definition) is 1. The number of halogens is 4. The summed E-state index contributed by atoms with van der Waals surface area (Å²) in [6.07, 6.45) is -4.53. The molecule has 1 N–H and O–H groups in total. The summed E-state index contributed by atoms with van der Waals surface area (Å²) >= 11 is 0. The van der Waals surface area contributed by atoms with E-state index in [1.54, 1.807) is 30.3 Å². The quantitative estimate of drug-likeness (QED) is 0.909. The molecule has 1 fully saturated rings. The third-order valence-electron chi connectivity index (χ3n) is 3.58. The summed E-state index contributed by atoms with van der Waals surface area (Å²) in [7, 11) is 0. The largest absolute Gasteiger partial charge is 0.435 e. The van der Waals surface area contributed by atoms with Gasteiger partial charge in [-0.15, -0.1) is 22.6 Å². The fraction of sp³-hybridized carbons (Fsp3) is 0.333. The van der Waals surface area contributed by atoms with Crippen LogP contribution in [0.1, 0.15) is 5.69 Å². The molecule has 0 aliphatic carbocycles. The molecule has 2 aromatic rings. The zero-order valence-electron chi connectivity index (χ0n) is 12.2. The summed E-state index contributed by atoms with van der Waals surface area (Å²) in [5.41, 5.74) is -0.393. The van der Waals surface area contributed by atoms with E-state index in [4.69, 9.17) is 0 Å². The molecule has 1 aliphatic heterocycles. The number of piperazine rings is 1. The topological polar surface area (TPSA) is 41.1 Å². The van der Waals surface area contributed by atoms with Gasteiger partial charge in [-0.3, -0.25) is 0 Å². The molecule has 1 aliphatic rings. The Bertz CT molecular complexity index is 643. The second kappa shape index (κ2) is 7.14. The van der Waals surface area contributed by atoms with E-state index in [0.717, 1.165) is 13.1 Å². The maximum Gasteiger partial charge on any atom is 0.435 e. The third kappa shape index (κ3) is 3.92. The van der Waals surface area contributed by atoms with E-state index in [1.807, 2.05) is 4.90 Å². The smallest absolute Gasteiger partial charge is 0.353 e. The molecule has 8 heteroatoms. The van der Waals surface area contributed by atoms with Crippen molar-refractivity contribution in [3.8, 4) is 11.1 Å². The Labute approximate surface area is 138 Å². The number of nitrogens with one attached hydrogen (secondary N) is 1. The van der Waals surface area contributed by atoms with Crippen LogP contribution in [0.5, 0.6) is 0 Å². The Balaban J connectivity index is 0.00000192. The maximum atomic E-state index is 13.2. The molecule has 3 rings (SSSR count). The summed E-state index contributed by atoms with van der Waals surface area (Å²) in [6, 6.07) is 9.96. The van der Waals surface area contributed by atoms with Gasteiger partial charge in [0.25, 0.3) is 0 Å². The van der Waals surface area contributed by atoms with Crippen LogP contribution in [0, 0.1) is 0 Å². The van der Waals surface area contributed by atoms with Crippen molar-refractivity contribution in [3.63, 3.8) is 0 Å². The maximum absolute atomic E-state index is 13.2. The lowest BCUT2D eigenvalue weighted by atomic mass is 10.0. The summed E-state index contributed by atoms with van der Waals surface area (Å²) in [4.78, 5) is 1.94. The van der Waals surface area contributed by atoms with E-state index in [0.29, 0.717) is 24.5 Å². The molecular formula is C15H16ClF3N4. The molecule has 23 heavy (non-hydrogen) atoms. The lowest BCUT2D eigenvalue weighted by Gasteiger charge is -2.28. The first-order chi connectivity index (χ1) is 10.6. The number of hydrogen-bond acceptors (Lipinski definition) is 4. The van der Waals surface area contributed by atoms with Crippen molar-refractivity contribution in [2.45, 2.75) is 6.18 Å². The van der Waals surface area contributed by atoms with Gasteiger partial charge in [0.2, 0.25) is 0 Å². The number of anilines is 1. The molecule has 0 amide bonds. The molecule has 1 saturated heterocycles. The highest BCUT2D eigenvalue weighted by Gasteiger charge is 2.37. The molecule has 0 radical (unpaired) electrons. The molecule has 4 nitrogen and oxygen atoms in total. The van der Waals surface area contributed by atoms with E-state index in [9.17, 15) is 13.2 Å². The van der Waals surface area contributed by atoms with E-state index in [-0.39, 0.29) is 18.0 Å². The monoisotopic (exact) mass is 344 g/mol. The molecule has 0 spiro atoms. The van der Waals surface area contributed by atoms with Gasteiger partial charge in [-0.25, -0.2) is 0 Å². The predicted octanol–water partition coefficient (Wildman–Crippen LogP) is 2.99. The molecule has 1 aromatic carbocycles. The number of nitrogens with zero attached hydrogens (tertiary/aromatic N) is 3. The normalized spacial score (nSPS) is 15.2. The van der Waals surface area contributed by atoms with Crippen LogP contribution in [0.3, 0.4) is 0 Å². The molecule has 0 saturated carbocycles. The van der Waals surface area contributed by atoms with Crippen LogP contribution in [0.25, 0.3) is 11.1 Å². The van der Waals surface area contributed by atoms with Gasteiger partial charge >= 0.3 is 6.18 Å². The van der Waals surface area contributed by atoms with Gasteiger partial charge in [-0.1, -0.05) is 30.3 Å². The first kappa shape index (κ1) is 17.5. The van der Waals surface area contributed by atoms with Gasteiger partial charge in [0.05, 0.1) is 0 Å². The van der Waals surface area contributed by atoms with Crippen LogP contribution in [-0.2, 0) is 6.18 Å². The van der Waals surface area contributed by atoms with Crippen molar-refractivity contribution in [3.05, 3.63) is 42.1 Å². The SMILES string of the molecule is Cl.FC(F)(F)c1nnc(N2CCNCC2)cc1-c1ccccc1. The molecular weight excluding hydrogens is 329 g/mol. The second-order valence-corrected chi connectivity index (χ2v) is 5.07. The van der Waals surface area contributed by atoms with Crippen molar-refractivity contribution in [1.82, 2.24) is 15.5 Å². The molecule has 0 bridgehead atoms. The van der Waals surface area contributed by atoms with Crippen LogP contribution < -0.4 is 10.2 Å². The standard InChI is InChI=1S/C15H15F3N4.ClH/c16-15(17,18)14-12(11-4-2-1-3-5-11)10-13(20-21-14)22-8-6-19-7-9-22;/h1-5,10,19H,6-9H2;1H. The van der Waals surface area contributed by atoms with Crippen molar-refractivity contribution in [1.29, 1.82) is 0 Å². The highest BCUT2D eigenvalue weighted by molar-refractivity contribution is 5.85. The Kier molecular flexibility index (Phi) is 5.43. The number of benzene rings is 1. The zero-order chi connectivity index (χ0) is 15.6. The van der Waals surface area contributed by atoms with Gasteiger partial charge in [0.15, 0.2) is 11.5 Å². The second-order valence-electron chi connectivity index (χ2n) is 5.07. The van der Waals surface area contributed by atoms with Crippen molar-refractivity contribution in [2.24, 2.45) is 0 Å². The fourth-order valence-electron chi connectivity index (χ4n) is 2.48. The van der Waals surface area contributed by atoms with E-state index in [1.165, 1.54) is 6.07 Å². The van der Waals surface area contributed by atoms with Crippen LogP contribution in [0.2, 0.25) is 0 Å². The molecule has 0 atom stereocenters. The summed E-state index contributed by atoms with van der Waals surface area (Å²) in [5, 5.41) is 10.4. The highest BCUT2D eigenvalue weighted by Crippen LogP contribution is 2.36. The molecule has 1 aromatic heterocycles. The Morgan fingerprint density at radius 2 is 1.65 bits per heavy atom. The molecule has 0 unspecified atom stereocenters. The summed E-state index contributed by atoms with van der Waals surface area (Å²) < 4.78 is 39.5. The van der Waals surface area contributed by atoms with Gasteiger partial charge in [-0.05, 0) is 11.6 Å². The van der Waals surface area contributed by atoms with Crippen molar-refractivity contribution >= 4 is 18.2 Å². The predicted molar refractivity (Wildman–Crippen MR) is 84.8 cm³/mol. The van der Waals surface area contributed by atoms with Crippen LogP contribution >= 0.6 is 12.4 Å². The lowest BCUT2D eigenvalue weighted by molar-refractivity contribution is -0.141. The number of aromatic nitrogens is 2. The summed E-state index contributed by atoms with van der Waals surface area (Å²) in [5.74, 6) is 0.480. The van der Waals surface area contributed by atoms with Crippen LogP contribution in [-0.4, -0.2) is 36.4 Å². The van der Waals surface area contributed by atoms with Gasteiger partial charge < -0.3 is 10.2 Å². The minimum Gasteiger partial charge on any atom is -0.353 e. The van der Waals surface area contributed by atoms with Gasteiger partial charge in [0.1, 0.15) is 0 Å². The average molecular weight is 345 g/mol. The Hall–Kier alpha value is -1.86. The Morgan fingerprint density at radius 1 is 1.00 bits per heavy atom. The third-order valence-corrected chi connectivity index (χ3v) is 3.58. The fourth-order valence-corrected chi connectivity index (χ4v) is 2.48. The first-order valence-corrected chi connectivity index (χ1v) is 7.02. The van der Waals surface area contributed by atoms with E-state index < -0.39 is 11.9 Å². The lowest BCUT2D eigenvalue weighted by Crippen LogP contribution is -2.44. The first-order valence-electron chi connectivity index (χ1n) is 7.02. The molecule has 2 heterocycles. The van der Waals surface area contributed by atoms with Crippen molar-refractivity contribution in [2.75, 3.05) is 31.1 Å².